The second-order valence-electron chi connectivity index (χ2n) is 3.98. The van der Waals surface area contributed by atoms with Crippen molar-refractivity contribution < 1.29 is 9.90 Å². The van der Waals surface area contributed by atoms with Gasteiger partial charge in [0.2, 0.25) is 0 Å². The molecule has 0 fully saturated rings. The first-order valence-electron chi connectivity index (χ1n) is 5.57. The maximum atomic E-state index is 12.0. The SMILES string of the molecule is O=C(NCc1cccc(O)c1)c1ccc(Cl)cc1Br. The maximum Gasteiger partial charge on any atom is 0.252 e. The third kappa shape index (κ3) is 3.72. The van der Waals surface area contributed by atoms with E-state index in [9.17, 15) is 9.90 Å². The fraction of sp³-hybridized carbons (Fsp3) is 0.0714. The lowest BCUT2D eigenvalue weighted by molar-refractivity contribution is 0.0950. The summed E-state index contributed by atoms with van der Waals surface area (Å²) in [4.78, 5) is 12.0. The lowest BCUT2D eigenvalue weighted by atomic mass is 10.2. The molecular formula is C14H11BrClNO2. The minimum absolute atomic E-state index is 0.180. The number of hydrogen-bond acceptors (Lipinski definition) is 2. The van der Waals surface area contributed by atoms with Crippen molar-refractivity contribution in [1.29, 1.82) is 0 Å². The third-order valence-corrected chi connectivity index (χ3v) is 3.43. The van der Waals surface area contributed by atoms with Crippen LogP contribution in [0.15, 0.2) is 46.9 Å². The van der Waals surface area contributed by atoms with Gasteiger partial charge in [0.1, 0.15) is 5.75 Å². The van der Waals surface area contributed by atoms with Crippen LogP contribution in [0.1, 0.15) is 15.9 Å². The minimum Gasteiger partial charge on any atom is -0.508 e. The zero-order valence-corrected chi connectivity index (χ0v) is 12.2. The molecule has 0 atom stereocenters. The molecule has 2 N–H and O–H groups in total. The van der Waals surface area contributed by atoms with Crippen LogP contribution in [0, 0.1) is 0 Å². The molecule has 0 saturated heterocycles. The van der Waals surface area contributed by atoms with E-state index in [-0.39, 0.29) is 11.7 Å². The quantitative estimate of drug-likeness (QED) is 0.894. The van der Waals surface area contributed by atoms with E-state index in [1.165, 1.54) is 0 Å². The summed E-state index contributed by atoms with van der Waals surface area (Å²) in [5.74, 6) is -0.0219. The van der Waals surface area contributed by atoms with Crippen molar-refractivity contribution in [1.82, 2.24) is 5.32 Å². The Hall–Kier alpha value is -1.52. The molecular weight excluding hydrogens is 330 g/mol. The molecule has 1 amide bonds. The van der Waals surface area contributed by atoms with Crippen molar-refractivity contribution in [3.05, 3.63) is 63.1 Å². The van der Waals surface area contributed by atoms with Gasteiger partial charge in [-0.05, 0) is 51.8 Å². The smallest absolute Gasteiger partial charge is 0.252 e. The number of benzene rings is 2. The van der Waals surface area contributed by atoms with E-state index >= 15 is 0 Å². The van der Waals surface area contributed by atoms with Crippen LogP contribution in [0.2, 0.25) is 5.02 Å². The average Bonchev–Trinajstić information content (AvgIpc) is 2.36. The van der Waals surface area contributed by atoms with Gasteiger partial charge in [0.15, 0.2) is 0 Å². The summed E-state index contributed by atoms with van der Waals surface area (Å²) in [6.07, 6.45) is 0. The van der Waals surface area contributed by atoms with Crippen LogP contribution in [0.5, 0.6) is 5.75 Å². The topological polar surface area (TPSA) is 49.3 Å². The van der Waals surface area contributed by atoms with Crippen molar-refractivity contribution in [3.63, 3.8) is 0 Å². The second kappa shape index (κ2) is 6.08. The predicted octanol–water partition coefficient (Wildman–Crippen LogP) is 3.74. The van der Waals surface area contributed by atoms with Crippen molar-refractivity contribution in [2.75, 3.05) is 0 Å². The highest BCUT2D eigenvalue weighted by Gasteiger charge is 2.09. The first-order valence-corrected chi connectivity index (χ1v) is 6.74. The van der Waals surface area contributed by atoms with E-state index in [1.54, 1.807) is 36.4 Å². The number of nitrogens with one attached hydrogen (secondary N) is 1. The van der Waals surface area contributed by atoms with E-state index in [2.05, 4.69) is 21.2 Å². The lowest BCUT2D eigenvalue weighted by Gasteiger charge is -2.07. The highest BCUT2D eigenvalue weighted by molar-refractivity contribution is 9.10. The molecule has 98 valence electrons. The fourth-order valence-corrected chi connectivity index (χ4v) is 2.48. The summed E-state index contributed by atoms with van der Waals surface area (Å²) in [6, 6.07) is 11.7. The number of carbonyl (C=O) groups excluding carboxylic acids is 1. The number of phenolic OH excluding ortho intramolecular Hbond substituents is 1. The number of carbonyl (C=O) groups is 1. The van der Waals surface area contributed by atoms with Crippen molar-refractivity contribution >= 4 is 33.4 Å². The van der Waals surface area contributed by atoms with Gasteiger partial charge in [0.25, 0.3) is 5.91 Å². The van der Waals surface area contributed by atoms with Crippen LogP contribution in [0.25, 0.3) is 0 Å². The summed E-state index contributed by atoms with van der Waals surface area (Å²) in [5, 5.41) is 12.7. The van der Waals surface area contributed by atoms with Crippen LogP contribution < -0.4 is 5.32 Å². The Bertz CT molecular complexity index is 616. The molecule has 0 saturated carbocycles. The van der Waals surface area contributed by atoms with E-state index < -0.39 is 0 Å². The lowest BCUT2D eigenvalue weighted by Crippen LogP contribution is -2.23. The standard InChI is InChI=1S/C14H11BrClNO2/c15-13-7-10(16)4-5-12(13)14(19)17-8-9-2-1-3-11(18)6-9/h1-7,18H,8H2,(H,17,19). The largest absolute Gasteiger partial charge is 0.508 e. The first kappa shape index (κ1) is 13.9. The molecule has 19 heavy (non-hydrogen) atoms. The van der Waals surface area contributed by atoms with Crippen LogP contribution in [-0.2, 0) is 6.54 Å². The maximum absolute atomic E-state index is 12.0. The van der Waals surface area contributed by atoms with E-state index in [0.29, 0.717) is 21.6 Å². The number of halogens is 2. The molecule has 3 nitrogen and oxygen atoms in total. The van der Waals surface area contributed by atoms with E-state index in [0.717, 1.165) is 5.56 Å². The fourth-order valence-electron chi connectivity index (χ4n) is 1.62. The average molecular weight is 341 g/mol. The van der Waals surface area contributed by atoms with Gasteiger partial charge in [0, 0.05) is 16.0 Å². The monoisotopic (exact) mass is 339 g/mol. The molecule has 0 heterocycles. The molecule has 5 heteroatoms. The molecule has 0 radical (unpaired) electrons. The molecule has 2 aromatic carbocycles. The molecule has 0 aliphatic heterocycles. The Balaban J connectivity index is 2.05. The Morgan fingerprint density at radius 2 is 2.05 bits per heavy atom. The first-order chi connectivity index (χ1) is 9.06. The van der Waals surface area contributed by atoms with E-state index in [1.807, 2.05) is 6.07 Å². The molecule has 0 bridgehead atoms. The summed E-state index contributed by atoms with van der Waals surface area (Å²) in [5.41, 5.74) is 1.35. The van der Waals surface area contributed by atoms with Gasteiger partial charge in [-0.25, -0.2) is 0 Å². The minimum atomic E-state index is -0.202. The molecule has 0 aliphatic carbocycles. The number of hydrogen-bond donors (Lipinski definition) is 2. The van der Waals surface area contributed by atoms with Crippen LogP contribution in [0.3, 0.4) is 0 Å². The molecule has 0 aliphatic rings. The number of rotatable bonds is 3. The summed E-state index contributed by atoms with van der Waals surface area (Å²) < 4.78 is 0.647. The van der Waals surface area contributed by atoms with Crippen LogP contribution >= 0.6 is 27.5 Å². The molecule has 0 unspecified atom stereocenters. The van der Waals surface area contributed by atoms with Gasteiger partial charge in [-0.2, -0.15) is 0 Å². The summed E-state index contributed by atoms with van der Waals surface area (Å²) in [6.45, 7) is 0.350. The Morgan fingerprint density at radius 1 is 1.26 bits per heavy atom. The number of aromatic hydroxyl groups is 1. The molecule has 2 aromatic rings. The van der Waals surface area contributed by atoms with Gasteiger partial charge in [-0.15, -0.1) is 0 Å². The van der Waals surface area contributed by atoms with Gasteiger partial charge in [-0.3, -0.25) is 4.79 Å². The third-order valence-electron chi connectivity index (χ3n) is 2.54. The Kier molecular flexibility index (Phi) is 4.45. The highest BCUT2D eigenvalue weighted by atomic mass is 79.9. The second-order valence-corrected chi connectivity index (χ2v) is 5.27. The zero-order chi connectivity index (χ0) is 13.8. The zero-order valence-electron chi connectivity index (χ0n) is 9.86. The number of phenols is 1. The van der Waals surface area contributed by atoms with Gasteiger partial charge in [0.05, 0.1) is 5.56 Å². The molecule has 0 aromatic heterocycles. The van der Waals surface area contributed by atoms with Crippen molar-refractivity contribution in [2.24, 2.45) is 0 Å². The summed E-state index contributed by atoms with van der Waals surface area (Å²) >= 11 is 9.12. The Labute approximate surface area is 124 Å². The summed E-state index contributed by atoms with van der Waals surface area (Å²) in [7, 11) is 0. The van der Waals surface area contributed by atoms with Crippen LogP contribution in [-0.4, -0.2) is 11.0 Å². The van der Waals surface area contributed by atoms with Gasteiger partial charge in [-0.1, -0.05) is 23.7 Å². The van der Waals surface area contributed by atoms with Crippen molar-refractivity contribution in [3.8, 4) is 5.75 Å². The normalized spacial score (nSPS) is 10.2. The number of amides is 1. The predicted molar refractivity (Wildman–Crippen MR) is 78.4 cm³/mol. The molecule has 2 rings (SSSR count). The van der Waals surface area contributed by atoms with Gasteiger partial charge < -0.3 is 10.4 Å². The molecule has 0 spiro atoms. The highest BCUT2D eigenvalue weighted by Crippen LogP contribution is 2.21. The van der Waals surface area contributed by atoms with E-state index in [4.69, 9.17) is 11.6 Å². The Morgan fingerprint density at radius 3 is 2.74 bits per heavy atom. The van der Waals surface area contributed by atoms with Crippen LogP contribution in [0.4, 0.5) is 0 Å². The van der Waals surface area contributed by atoms with Gasteiger partial charge >= 0.3 is 0 Å². The van der Waals surface area contributed by atoms with Crippen molar-refractivity contribution in [2.45, 2.75) is 6.54 Å².